The van der Waals surface area contributed by atoms with E-state index in [2.05, 4.69) is 20.3 Å². The maximum Gasteiger partial charge on any atom is 0.353 e. The molecular formula is C21H22ClF2N3O4. The number of carbonyl (C=O) groups excluding carboxylic acids is 1. The van der Waals surface area contributed by atoms with Crippen molar-refractivity contribution >= 4 is 17.5 Å². The van der Waals surface area contributed by atoms with Crippen LogP contribution in [0.4, 0.5) is 8.78 Å². The molecule has 1 N–H and O–H groups in total. The van der Waals surface area contributed by atoms with Crippen LogP contribution in [0.1, 0.15) is 56.7 Å². The summed E-state index contributed by atoms with van der Waals surface area (Å²) < 4.78 is 41.8. The Balaban J connectivity index is 1.08. The normalized spacial score (nSPS) is 31.2. The van der Waals surface area contributed by atoms with Crippen molar-refractivity contribution < 1.29 is 27.5 Å². The number of halogens is 3. The first kappa shape index (κ1) is 20.6. The highest BCUT2D eigenvalue weighted by Gasteiger charge is 2.71. The molecule has 4 aliphatic rings. The average Bonchev–Trinajstić information content (AvgIpc) is 3.07. The highest BCUT2D eigenvalue weighted by molar-refractivity contribution is 6.30. The molecule has 10 heteroatoms. The van der Waals surface area contributed by atoms with Gasteiger partial charge in [0.1, 0.15) is 5.75 Å². The fourth-order valence-electron chi connectivity index (χ4n) is 4.93. The van der Waals surface area contributed by atoms with Gasteiger partial charge in [0.15, 0.2) is 6.61 Å². The van der Waals surface area contributed by atoms with Crippen molar-refractivity contribution in [3.8, 4) is 5.75 Å². The lowest BCUT2D eigenvalue weighted by molar-refractivity contribution is -0.265. The van der Waals surface area contributed by atoms with E-state index >= 15 is 0 Å². The van der Waals surface area contributed by atoms with Gasteiger partial charge in [-0.25, -0.2) is 0 Å². The SMILES string of the molecule is CC(F)(F)OC1CC(c2nnc(C34CC(NC(=O)COc5ccc(Cl)cc5)(C3)C4)o2)C1. The number of alkyl halides is 2. The Hall–Kier alpha value is -2.26. The summed E-state index contributed by atoms with van der Waals surface area (Å²) in [6.07, 6.45) is -0.479. The zero-order valence-electron chi connectivity index (χ0n) is 16.9. The quantitative estimate of drug-likeness (QED) is 0.651. The monoisotopic (exact) mass is 453 g/mol. The molecule has 31 heavy (non-hydrogen) atoms. The number of hydrogen-bond donors (Lipinski definition) is 1. The molecule has 166 valence electrons. The molecule has 0 atom stereocenters. The third kappa shape index (κ3) is 4.01. The molecule has 0 unspecified atom stereocenters. The highest BCUT2D eigenvalue weighted by atomic mass is 35.5. The maximum atomic E-state index is 12.9. The molecule has 6 rings (SSSR count). The molecule has 0 saturated heterocycles. The van der Waals surface area contributed by atoms with Crippen molar-refractivity contribution in [2.75, 3.05) is 6.61 Å². The van der Waals surface area contributed by atoms with Crippen molar-refractivity contribution in [3.05, 3.63) is 41.1 Å². The number of aromatic nitrogens is 2. The Bertz CT molecular complexity index is 965. The summed E-state index contributed by atoms with van der Waals surface area (Å²) in [7, 11) is 0. The van der Waals surface area contributed by atoms with E-state index in [0.717, 1.165) is 26.2 Å². The van der Waals surface area contributed by atoms with Gasteiger partial charge in [-0.05, 0) is 56.4 Å². The lowest BCUT2D eigenvalue weighted by Gasteiger charge is -2.68. The molecule has 0 spiro atoms. The van der Waals surface area contributed by atoms with Crippen LogP contribution in [0.15, 0.2) is 28.7 Å². The number of rotatable bonds is 8. The van der Waals surface area contributed by atoms with E-state index in [0.29, 0.717) is 35.4 Å². The molecule has 4 aliphatic carbocycles. The van der Waals surface area contributed by atoms with E-state index in [1.807, 2.05) is 0 Å². The van der Waals surface area contributed by atoms with Gasteiger partial charge in [0.05, 0.1) is 11.5 Å². The molecule has 7 nitrogen and oxygen atoms in total. The zero-order chi connectivity index (χ0) is 21.9. The minimum atomic E-state index is -3.12. The molecule has 1 aromatic carbocycles. The van der Waals surface area contributed by atoms with E-state index in [4.69, 9.17) is 20.8 Å². The van der Waals surface area contributed by atoms with Crippen LogP contribution >= 0.6 is 11.6 Å². The van der Waals surface area contributed by atoms with E-state index in [9.17, 15) is 13.6 Å². The lowest BCUT2D eigenvalue weighted by atomic mass is 9.39. The molecule has 2 bridgehead atoms. The zero-order valence-corrected chi connectivity index (χ0v) is 17.6. The topological polar surface area (TPSA) is 86.5 Å². The molecule has 0 radical (unpaired) electrons. The highest BCUT2D eigenvalue weighted by Crippen LogP contribution is 2.67. The Labute approximate surface area is 182 Å². The predicted molar refractivity (Wildman–Crippen MR) is 105 cm³/mol. The molecule has 1 aromatic heterocycles. The van der Waals surface area contributed by atoms with Gasteiger partial charge in [0.2, 0.25) is 11.8 Å². The molecule has 1 amide bonds. The summed E-state index contributed by atoms with van der Waals surface area (Å²) >= 11 is 5.83. The lowest BCUT2D eigenvalue weighted by Crippen LogP contribution is -2.77. The van der Waals surface area contributed by atoms with Crippen LogP contribution in [0.3, 0.4) is 0 Å². The van der Waals surface area contributed by atoms with Gasteiger partial charge >= 0.3 is 6.11 Å². The maximum absolute atomic E-state index is 12.9. The fourth-order valence-corrected chi connectivity index (χ4v) is 5.05. The molecule has 2 aromatic rings. The van der Waals surface area contributed by atoms with Crippen LogP contribution in [0, 0.1) is 0 Å². The average molecular weight is 454 g/mol. The first-order chi connectivity index (χ1) is 14.6. The Kier molecular flexibility index (Phi) is 4.75. The van der Waals surface area contributed by atoms with Gasteiger partial charge in [0, 0.05) is 23.4 Å². The standard InChI is InChI=1S/C21H22ClF2N3O4/c1-19(23,24)31-15-6-12(7-15)17-26-27-18(30-17)20-9-21(10-20,11-20)25-16(28)8-29-14-4-2-13(22)3-5-14/h2-5,12,15H,6-11H2,1H3,(H,25,28). The van der Waals surface area contributed by atoms with E-state index in [-0.39, 0.29) is 29.4 Å². The molecular weight excluding hydrogens is 432 g/mol. The van der Waals surface area contributed by atoms with Gasteiger partial charge in [-0.15, -0.1) is 10.2 Å². The molecule has 1 heterocycles. The molecule has 4 saturated carbocycles. The first-order valence-electron chi connectivity index (χ1n) is 10.2. The Morgan fingerprint density at radius 3 is 2.58 bits per heavy atom. The summed E-state index contributed by atoms with van der Waals surface area (Å²) in [5.41, 5.74) is -0.428. The largest absolute Gasteiger partial charge is 0.484 e. The number of carbonyl (C=O) groups is 1. The van der Waals surface area contributed by atoms with Gasteiger partial charge in [-0.2, -0.15) is 8.78 Å². The third-order valence-corrected chi connectivity index (χ3v) is 6.58. The summed E-state index contributed by atoms with van der Waals surface area (Å²) in [6, 6.07) is 6.83. The summed E-state index contributed by atoms with van der Waals surface area (Å²) in [5.74, 6) is 1.41. The van der Waals surface area contributed by atoms with Crippen LogP contribution in [-0.2, 0) is 14.9 Å². The number of hydrogen-bond acceptors (Lipinski definition) is 6. The van der Waals surface area contributed by atoms with Crippen molar-refractivity contribution in [3.63, 3.8) is 0 Å². The van der Waals surface area contributed by atoms with Gasteiger partial charge in [-0.1, -0.05) is 11.6 Å². The number of benzene rings is 1. The Morgan fingerprint density at radius 2 is 1.94 bits per heavy atom. The van der Waals surface area contributed by atoms with Crippen LogP contribution in [0.2, 0.25) is 5.02 Å². The number of nitrogens with one attached hydrogen (secondary N) is 1. The number of nitrogens with zero attached hydrogens (tertiary/aromatic N) is 2. The van der Waals surface area contributed by atoms with E-state index in [1.54, 1.807) is 24.3 Å². The fraction of sp³-hybridized carbons (Fsp3) is 0.571. The predicted octanol–water partition coefficient (Wildman–Crippen LogP) is 3.97. The molecule has 4 fully saturated rings. The summed E-state index contributed by atoms with van der Waals surface area (Å²) in [5, 5.41) is 12.0. The number of ether oxygens (including phenoxy) is 2. The van der Waals surface area contributed by atoms with Crippen molar-refractivity contribution in [1.29, 1.82) is 0 Å². The minimum absolute atomic E-state index is 0.0420. The van der Waals surface area contributed by atoms with E-state index in [1.165, 1.54) is 0 Å². The second-order valence-corrected chi connectivity index (χ2v) is 9.48. The van der Waals surface area contributed by atoms with Gasteiger partial charge in [0.25, 0.3) is 5.91 Å². The van der Waals surface area contributed by atoms with Crippen molar-refractivity contribution in [2.24, 2.45) is 0 Å². The second-order valence-electron chi connectivity index (χ2n) is 9.04. The smallest absolute Gasteiger partial charge is 0.353 e. The van der Waals surface area contributed by atoms with E-state index < -0.39 is 12.2 Å². The minimum Gasteiger partial charge on any atom is -0.484 e. The molecule has 0 aliphatic heterocycles. The van der Waals surface area contributed by atoms with Crippen LogP contribution in [0.25, 0.3) is 0 Å². The van der Waals surface area contributed by atoms with Crippen LogP contribution in [0.5, 0.6) is 5.75 Å². The van der Waals surface area contributed by atoms with Crippen LogP contribution in [-0.4, -0.2) is 40.5 Å². The van der Waals surface area contributed by atoms with Crippen molar-refractivity contribution in [2.45, 2.75) is 68.1 Å². The second kappa shape index (κ2) is 7.13. The number of amides is 1. The van der Waals surface area contributed by atoms with Gasteiger partial charge in [-0.3, -0.25) is 4.79 Å². The van der Waals surface area contributed by atoms with Gasteiger partial charge < -0.3 is 19.2 Å². The van der Waals surface area contributed by atoms with Crippen LogP contribution < -0.4 is 10.1 Å². The third-order valence-electron chi connectivity index (χ3n) is 6.33. The van der Waals surface area contributed by atoms with Crippen molar-refractivity contribution in [1.82, 2.24) is 15.5 Å². The summed E-state index contributed by atoms with van der Waals surface area (Å²) in [6.45, 7) is 0.676. The summed E-state index contributed by atoms with van der Waals surface area (Å²) in [4.78, 5) is 12.2. The Morgan fingerprint density at radius 1 is 1.26 bits per heavy atom. The first-order valence-corrected chi connectivity index (χ1v) is 10.6.